The maximum Gasteiger partial charge on any atom is 0.303 e. The molecule has 1 aromatic rings. The van der Waals surface area contributed by atoms with Crippen molar-refractivity contribution in [3.63, 3.8) is 0 Å². The van der Waals surface area contributed by atoms with Gasteiger partial charge in [-0.1, -0.05) is 6.07 Å². The van der Waals surface area contributed by atoms with Crippen LogP contribution in [-0.4, -0.2) is 40.0 Å². The number of likely N-dealkylation sites (tertiary alicyclic amines) is 1. The van der Waals surface area contributed by atoms with Crippen LogP contribution < -0.4 is 0 Å². The van der Waals surface area contributed by atoms with Gasteiger partial charge in [0, 0.05) is 31.9 Å². The maximum absolute atomic E-state index is 12.2. The number of hydrogen-bond donors (Lipinski definition) is 1. The Morgan fingerprint density at radius 1 is 1.45 bits per heavy atom. The van der Waals surface area contributed by atoms with Gasteiger partial charge in [-0.3, -0.25) is 14.6 Å². The lowest BCUT2D eigenvalue weighted by Crippen LogP contribution is -2.40. The first-order chi connectivity index (χ1) is 9.65. The number of carboxylic acid groups (broad SMARTS) is 1. The first kappa shape index (κ1) is 14.5. The molecule has 1 saturated heterocycles. The highest BCUT2D eigenvalue weighted by molar-refractivity contribution is 5.78. The number of carbonyl (C=O) groups excluding carboxylic acids is 1. The van der Waals surface area contributed by atoms with Gasteiger partial charge in [0.1, 0.15) is 0 Å². The predicted molar refractivity (Wildman–Crippen MR) is 74.1 cm³/mol. The Kier molecular flexibility index (Phi) is 5.09. The molecule has 20 heavy (non-hydrogen) atoms. The Bertz CT molecular complexity index is 461. The van der Waals surface area contributed by atoms with E-state index in [0.29, 0.717) is 25.3 Å². The van der Waals surface area contributed by atoms with Crippen LogP contribution in [-0.2, 0) is 16.0 Å². The quantitative estimate of drug-likeness (QED) is 0.889. The molecular weight excluding hydrogens is 256 g/mol. The molecule has 5 nitrogen and oxygen atoms in total. The van der Waals surface area contributed by atoms with E-state index in [9.17, 15) is 9.59 Å². The van der Waals surface area contributed by atoms with Crippen molar-refractivity contribution in [1.82, 2.24) is 9.88 Å². The molecule has 0 aliphatic carbocycles. The molecule has 1 unspecified atom stereocenters. The molecule has 1 N–H and O–H groups in total. The van der Waals surface area contributed by atoms with Crippen molar-refractivity contribution >= 4 is 11.9 Å². The van der Waals surface area contributed by atoms with Crippen LogP contribution >= 0.6 is 0 Å². The highest BCUT2D eigenvalue weighted by Gasteiger charge is 2.23. The first-order valence-corrected chi connectivity index (χ1v) is 7.03. The van der Waals surface area contributed by atoms with E-state index in [-0.39, 0.29) is 12.3 Å². The molecule has 0 aromatic carbocycles. The summed E-state index contributed by atoms with van der Waals surface area (Å²) in [7, 11) is 0. The lowest BCUT2D eigenvalue weighted by Gasteiger charge is -2.32. The Labute approximate surface area is 118 Å². The number of rotatable bonds is 5. The number of carbonyl (C=O) groups is 2. The van der Waals surface area contributed by atoms with Crippen molar-refractivity contribution in [3.8, 4) is 0 Å². The van der Waals surface area contributed by atoms with E-state index >= 15 is 0 Å². The average Bonchev–Trinajstić information content (AvgIpc) is 2.46. The van der Waals surface area contributed by atoms with Crippen molar-refractivity contribution in [1.29, 1.82) is 0 Å². The van der Waals surface area contributed by atoms with Crippen LogP contribution in [0.15, 0.2) is 24.5 Å². The molecule has 0 spiro atoms. The van der Waals surface area contributed by atoms with E-state index in [1.807, 2.05) is 17.0 Å². The second kappa shape index (κ2) is 7.03. The van der Waals surface area contributed by atoms with Crippen LogP contribution in [0, 0.1) is 5.92 Å². The fourth-order valence-corrected chi connectivity index (χ4v) is 2.64. The Hall–Kier alpha value is -1.91. The zero-order valence-corrected chi connectivity index (χ0v) is 11.5. The van der Waals surface area contributed by atoms with Crippen LogP contribution in [0.5, 0.6) is 0 Å². The SMILES string of the molecule is O=C(O)CCC1CCCN(C(=O)Cc2cccnc2)C1. The molecule has 1 amide bonds. The van der Waals surface area contributed by atoms with Crippen LogP contribution in [0.2, 0.25) is 0 Å². The minimum Gasteiger partial charge on any atom is -0.481 e. The summed E-state index contributed by atoms with van der Waals surface area (Å²) in [6.07, 6.45) is 6.61. The third-order valence-electron chi connectivity index (χ3n) is 3.72. The molecule has 1 fully saturated rings. The van der Waals surface area contributed by atoms with Gasteiger partial charge in [0.25, 0.3) is 0 Å². The minimum absolute atomic E-state index is 0.109. The number of piperidine rings is 1. The number of hydrogen-bond acceptors (Lipinski definition) is 3. The van der Waals surface area contributed by atoms with Gasteiger partial charge in [-0.05, 0) is 36.8 Å². The number of nitrogens with zero attached hydrogens (tertiary/aromatic N) is 2. The number of aliphatic carboxylic acids is 1. The Morgan fingerprint density at radius 3 is 3.00 bits per heavy atom. The normalized spacial score (nSPS) is 18.8. The average molecular weight is 276 g/mol. The number of pyridine rings is 1. The summed E-state index contributed by atoms with van der Waals surface area (Å²) in [6, 6.07) is 3.73. The van der Waals surface area contributed by atoms with Gasteiger partial charge in [0.2, 0.25) is 5.91 Å². The second-order valence-corrected chi connectivity index (χ2v) is 5.32. The van der Waals surface area contributed by atoms with Gasteiger partial charge in [-0.2, -0.15) is 0 Å². The standard InChI is InChI=1S/C15H20N2O3/c18-14(9-13-3-1-7-16-10-13)17-8-2-4-12(11-17)5-6-15(19)20/h1,3,7,10,12H,2,4-6,8-9,11H2,(H,19,20). The van der Waals surface area contributed by atoms with Crippen molar-refractivity contribution in [2.45, 2.75) is 32.1 Å². The smallest absolute Gasteiger partial charge is 0.303 e. The van der Waals surface area contributed by atoms with E-state index < -0.39 is 5.97 Å². The topological polar surface area (TPSA) is 70.5 Å². The molecule has 0 radical (unpaired) electrons. The van der Waals surface area contributed by atoms with E-state index in [2.05, 4.69) is 4.98 Å². The molecule has 1 atom stereocenters. The lowest BCUT2D eigenvalue weighted by molar-refractivity contribution is -0.137. The van der Waals surface area contributed by atoms with Crippen molar-refractivity contribution in [2.24, 2.45) is 5.92 Å². The van der Waals surface area contributed by atoms with Crippen LogP contribution in [0.3, 0.4) is 0 Å². The summed E-state index contributed by atoms with van der Waals surface area (Å²) in [5, 5.41) is 8.73. The van der Waals surface area contributed by atoms with Gasteiger partial charge in [-0.25, -0.2) is 0 Å². The van der Waals surface area contributed by atoms with Gasteiger partial charge < -0.3 is 10.0 Å². The van der Waals surface area contributed by atoms with E-state index in [1.165, 1.54) is 0 Å². The van der Waals surface area contributed by atoms with Gasteiger partial charge in [0.15, 0.2) is 0 Å². The summed E-state index contributed by atoms with van der Waals surface area (Å²) in [5.74, 6) is -0.334. The van der Waals surface area contributed by atoms with Gasteiger partial charge >= 0.3 is 5.97 Å². The number of aromatic nitrogens is 1. The summed E-state index contributed by atoms with van der Waals surface area (Å²) < 4.78 is 0. The fourth-order valence-electron chi connectivity index (χ4n) is 2.64. The van der Waals surface area contributed by atoms with Crippen molar-refractivity contribution in [2.75, 3.05) is 13.1 Å². The zero-order valence-electron chi connectivity index (χ0n) is 11.5. The third-order valence-corrected chi connectivity index (χ3v) is 3.72. The Balaban J connectivity index is 1.85. The highest BCUT2D eigenvalue weighted by atomic mass is 16.4. The predicted octanol–water partition coefficient (Wildman–Crippen LogP) is 1.73. The van der Waals surface area contributed by atoms with Crippen LogP contribution in [0.4, 0.5) is 0 Å². The van der Waals surface area contributed by atoms with E-state index in [1.54, 1.807) is 12.4 Å². The molecular formula is C15H20N2O3. The van der Waals surface area contributed by atoms with Gasteiger partial charge in [-0.15, -0.1) is 0 Å². The summed E-state index contributed by atoms with van der Waals surface area (Å²) in [6.45, 7) is 1.47. The molecule has 0 saturated carbocycles. The summed E-state index contributed by atoms with van der Waals surface area (Å²) in [4.78, 5) is 28.7. The monoisotopic (exact) mass is 276 g/mol. The molecule has 1 aliphatic heterocycles. The van der Waals surface area contributed by atoms with Crippen LogP contribution in [0.25, 0.3) is 0 Å². The Morgan fingerprint density at radius 2 is 2.30 bits per heavy atom. The molecule has 1 aliphatic rings. The molecule has 1 aromatic heterocycles. The highest BCUT2D eigenvalue weighted by Crippen LogP contribution is 2.21. The molecule has 5 heteroatoms. The molecule has 0 bridgehead atoms. The second-order valence-electron chi connectivity index (χ2n) is 5.32. The summed E-state index contributed by atoms with van der Waals surface area (Å²) >= 11 is 0. The van der Waals surface area contributed by atoms with Crippen molar-refractivity contribution in [3.05, 3.63) is 30.1 Å². The molecule has 2 rings (SSSR count). The minimum atomic E-state index is -0.760. The number of amides is 1. The molecule has 108 valence electrons. The van der Waals surface area contributed by atoms with Crippen molar-refractivity contribution < 1.29 is 14.7 Å². The molecule has 2 heterocycles. The maximum atomic E-state index is 12.2. The first-order valence-electron chi connectivity index (χ1n) is 7.03. The van der Waals surface area contributed by atoms with E-state index in [0.717, 1.165) is 24.9 Å². The third kappa shape index (κ3) is 4.33. The lowest BCUT2D eigenvalue weighted by atomic mass is 9.93. The van der Waals surface area contributed by atoms with Crippen LogP contribution in [0.1, 0.15) is 31.2 Å². The number of carboxylic acids is 1. The van der Waals surface area contributed by atoms with Gasteiger partial charge in [0.05, 0.1) is 6.42 Å². The zero-order chi connectivity index (χ0) is 14.4. The fraction of sp³-hybridized carbons (Fsp3) is 0.533. The largest absolute Gasteiger partial charge is 0.481 e. The summed E-state index contributed by atoms with van der Waals surface area (Å²) in [5.41, 5.74) is 0.921. The van der Waals surface area contributed by atoms with E-state index in [4.69, 9.17) is 5.11 Å².